The van der Waals surface area contributed by atoms with Gasteiger partial charge in [-0.2, -0.15) is 0 Å². The zero-order valence-corrected chi connectivity index (χ0v) is 6.97. The molecule has 0 aromatic rings. The maximum absolute atomic E-state index is 10.5. The molecule has 0 unspecified atom stereocenters. The van der Waals surface area contributed by atoms with Crippen LogP contribution in [0.25, 0.3) is 0 Å². The van der Waals surface area contributed by atoms with Crippen LogP contribution in [0.1, 0.15) is 6.42 Å². The third-order valence-electron chi connectivity index (χ3n) is 1.93. The minimum absolute atomic E-state index is 0.242. The summed E-state index contributed by atoms with van der Waals surface area (Å²) in [7, 11) is 0. The van der Waals surface area contributed by atoms with Gasteiger partial charge in [0.25, 0.3) is 0 Å². The standard InChI is InChI=1S/C8H8O6/c9-5-3-4(6(10)11)1-2-8(5,14)7(12)13/h1,3,9,14H,2H2,(H,10,11)(H,12,13)/t8-/m1/s1. The smallest absolute Gasteiger partial charge is 0.344 e. The highest BCUT2D eigenvalue weighted by molar-refractivity contribution is 5.92. The van der Waals surface area contributed by atoms with Crippen molar-refractivity contribution in [3.63, 3.8) is 0 Å². The number of hydrogen-bond donors (Lipinski definition) is 4. The molecule has 0 radical (unpaired) electrons. The highest BCUT2D eigenvalue weighted by atomic mass is 16.4. The third-order valence-corrected chi connectivity index (χ3v) is 1.93. The number of aliphatic hydroxyl groups is 2. The van der Waals surface area contributed by atoms with Gasteiger partial charge in [-0.25, -0.2) is 9.59 Å². The van der Waals surface area contributed by atoms with E-state index < -0.39 is 29.7 Å². The van der Waals surface area contributed by atoms with E-state index in [1.54, 1.807) is 0 Å². The summed E-state index contributed by atoms with van der Waals surface area (Å²) in [6, 6.07) is 0. The quantitative estimate of drug-likeness (QED) is 0.484. The number of rotatable bonds is 2. The van der Waals surface area contributed by atoms with Crippen molar-refractivity contribution in [2.24, 2.45) is 0 Å². The van der Waals surface area contributed by atoms with Crippen molar-refractivity contribution in [1.82, 2.24) is 0 Å². The largest absolute Gasteiger partial charge is 0.509 e. The Kier molecular flexibility index (Phi) is 2.31. The second-order valence-electron chi connectivity index (χ2n) is 2.86. The van der Waals surface area contributed by atoms with E-state index in [-0.39, 0.29) is 5.57 Å². The van der Waals surface area contributed by atoms with Crippen LogP contribution >= 0.6 is 0 Å². The lowest BCUT2D eigenvalue weighted by molar-refractivity contribution is -0.157. The molecule has 0 saturated carbocycles. The topological polar surface area (TPSA) is 115 Å². The number of aliphatic carboxylic acids is 2. The van der Waals surface area contributed by atoms with Crippen LogP contribution in [-0.2, 0) is 9.59 Å². The van der Waals surface area contributed by atoms with E-state index in [4.69, 9.17) is 15.3 Å². The van der Waals surface area contributed by atoms with Gasteiger partial charge >= 0.3 is 11.9 Å². The van der Waals surface area contributed by atoms with Crippen LogP contribution in [0.4, 0.5) is 0 Å². The van der Waals surface area contributed by atoms with Gasteiger partial charge in [-0.05, 0) is 6.08 Å². The molecular weight excluding hydrogens is 192 g/mol. The number of aliphatic hydroxyl groups excluding tert-OH is 1. The minimum atomic E-state index is -2.40. The van der Waals surface area contributed by atoms with Crippen LogP contribution in [0.2, 0.25) is 0 Å². The maximum atomic E-state index is 10.5. The first-order chi connectivity index (χ1) is 6.38. The minimum Gasteiger partial charge on any atom is -0.509 e. The summed E-state index contributed by atoms with van der Waals surface area (Å²) in [6.07, 6.45) is 1.29. The van der Waals surface area contributed by atoms with Gasteiger partial charge < -0.3 is 20.4 Å². The first-order valence-electron chi connectivity index (χ1n) is 3.68. The predicted molar refractivity (Wildman–Crippen MR) is 43.6 cm³/mol. The molecule has 14 heavy (non-hydrogen) atoms. The van der Waals surface area contributed by atoms with E-state index in [1.807, 2.05) is 0 Å². The van der Waals surface area contributed by atoms with Crippen molar-refractivity contribution < 1.29 is 30.0 Å². The van der Waals surface area contributed by atoms with Crippen molar-refractivity contribution in [2.45, 2.75) is 12.0 Å². The Bertz CT molecular complexity index is 353. The van der Waals surface area contributed by atoms with Crippen LogP contribution in [0.3, 0.4) is 0 Å². The fourth-order valence-corrected chi connectivity index (χ4v) is 1.03. The van der Waals surface area contributed by atoms with E-state index in [9.17, 15) is 14.7 Å². The normalized spacial score (nSPS) is 26.4. The van der Waals surface area contributed by atoms with E-state index >= 15 is 0 Å². The summed E-state index contributed by atoms with van der Waals surface area (Å²) in [4.78, 5) is 21.0. The SMILES string of the molecule is O=C(O)C1=CC[C@](O)(C(=O)O)C(O)=C1. The lowest BCUT2D eigenvalue weighted by Crippen LogP contribution is -2.41. The molecule has 0 heterocycles. The second kappa shape index (κ2) is 3.15. The third kappa shape index (κ3) is 1.47. The van der Waals surface area contributed by atoms with Crippen molar-refractivity contribution >= 4 is 11.9 Å². The van der Waals surface area contributed by atoms with Crippen LogP contribution in [-0.4, -0.2) is 38.0 Å². The molecule has 1 aliphatic rings. The van der Waals surface area contributed by atoms with Gasteiger partial charge in [0.2, 0.25) is 5.60 Å². The second-order valence-corrected chi connectivity index (χ2v) is 2.86. The van der Waals surface area contributed by atoms with Gasteiger partial charge in [0.1, 0.15) is 5.76 Å². The van der Waals surface area contributed by atoms with Crippen LogP contribution in [0.5, 0.6) is 0 Å². The molecule has 0 fully saturated rings. The van der Waals surface area contributed by atoms with Crippen LogP contribution in [0, 0.1) is 0 Å². The molecule has 0 aliphatic heterocycles. The Hall–Kier alpha value is -1.82. The molecule has 76 valence electrons. The average molecular weight is 200 g/mol. The highest BCUT2D eigenvalue weighted by Crippen LogP contribution is 2.26. The summed E-state index contributed by atoms with van der Waals surface area (Å²) >= 11 is 0. The Balaban J connectivity index is 3.04. The summed E-state index contributed by atoms with van der Waals surface area (Å²) < 4.78 is 0. The van der Waals surface area contributed by atoms with Gasteiger partial charge in [-0.15, -0.1) is 0 Å². The molecule has 6 heteroatoms. The molecular formula is C8H8O6. The van der Waals surface area contributed by atoms with Gasteiger partial charge in [0.15, 0.2) is 0 Å². The Morgan fingerprint density at radius 2 is 1.93 bits per heavy atom. The monoisotopic (exact) mass is 200 g/mol. The van der Waals surface area contributed by atoms with Crippen LogP contribution in [0.15, 0.2) is 23.5 Å². The summed E-state index contributed by atoms with van der Waals surface area (Å²) in [5.41, 5.74) is -2.65. The van der Waals surface area contributed by atoms with Gasteiger partial charge in [0.05, 0.1) is 5.57 Å². The molecule has 0 aromatic heterocycles. The molecule has 6 nitrogen and oxygen atoms in total. The summed E-state index contributed by atoms with van der Waals surface area (Å²) in [6.45, 7) is 0. The lowest BCUT2D eigenvalue weighted by Gasteiger charge is -2.24. The first kappa shape index (κ1) is 10.3. The van der Waals surface area contributed by atoms with Gasteiger partial charge in [-0.1, -0.05) is 6.08 Å². The van der Waals surface area contributed by atoms with E-state index in [2.05, 4.69) is 0 Å². The molecule has 4 N–H and O–H groups in total. The molecule has 0 aromatic carbocycles. The van der Waals surface area contributed by atoms with Crippen LogP contribution < -0.4 is 0 Å². The summed E-state index contributed by atoms with van der Waals surface area (Å²) in [5.74, 6) is -3.78. The number of hydrogen-bond acceptors (Lipinski definition) is 4. The van der Waals surface area contributed by atoms with Crippen molar-refractivity contribution in [3.05, 3.63) is 23.5 Å². The molecule has 0 amide bonds. The van der Waals surface area contributed by atoms with Crippen molar-refractivity contribution in [2.75, 3.05) is 0 Å². The fourth-order valence-electron chi connectivity index (χ4n) is 1.03. The lowest BCUT2D eigenvalue weighted by atomic mass is 9.90. The predicted octanol–water partition coefficient (Wildman–Crippen LogP) is -0.341. The average Bonchev–Trinajstić information content (AvgIpc) is 2.09. The number of carboxylic acids is 2. The Morgan fingerprint density at radius 1 is 1.36 bits per heavy atom. The molecule has 0 spiro atoms. The molecule has 1 atom stereocenters. The van der Waals surface area contributed by atoms with Gasteiger partial charge in [0, 0.05) is 6.42 Å². The Morgan fingerprint density at radius 3 is 2.29 bits per heavy atom. The fraction of sp³-hybridized carbons (Fsp3) is 0.250. The van der Waals surface area contributed by atoms with E-state index in [0.29, 0.717) is 0 Å². The summed E-state index contributed by atoms with van der Waals surface area (Å²) in [5, 5.41) is 35.6. The maximum Gasteiger partial charge on any atom is 0.344 e. The van der Waals surface area contributed by atoms with E-state index in [0.717, 1.165) is 12.2 Å². The number of carboxylic acid groups (broad SMARTS) is 2. The van der Waals surface area contributed by atoms with Crippen molar-refractivity contribution in [3.8, 4) is 0 Å². The van der Waals surface area contributed by atoms with E-state index in [1.165, 1.54) is 0 Å². The molecule has 0 saturated heterocycles. The number of carbonyl (C=O) groups is 2. The molecule has 1 aliphatic carbocycles. The van der Waals surface area contributed by atoms with Gasteiger partial charge in [-0.3, -0.25) is 0 Å². The highest BCUT2D eigenvalue weighted by Gasteiger charge is 2.42. The Labute approximate surface area is 78.4 Å². The molecule has 1 rings (SSSR count). The van der Waals surface area contributed by atoms with Crippen molar-refractivity contribution in [1.29, 1.82) is 0 Å². The zero-order valence-electron chi connectivity index (χ0n) is 6.97. The molecule has 0 bridgehead atoms. The first-order valence-corrected chi connectivity index (χ1v) is 3.68. The zero-order chi connectivity index (χ0) is 10.9.